The average Bonchev–Trinajstić information content (AvgIpc) is 3.80. The number of allylic oxidation sites excluding steroid dienone is 1. The Morgan fingerprint density at radius 2 is 1.68 bits per heavy atom. The average molecular weight is 680 g/mol. The van der Waals surface area contributed by atoms with Gasteiger partial charge in [-0.2, -0.15) is 0 Å². The monoisotopic (exact) mass is 679 g/mol. The van der Waals surface area contributed by atoms with E-state index in [1.54, 1.807) is 18.2 Å². The Morgan fingerprint density at radius 3 is 2.46 bits per heavy atom. The predicted molar refractivity (Wildman–Crippen MR) is 180 cm³/mol. The number of nitrogens with one attached hydrogen (secondary N) is 4. The molecular formula is C36H34FN7O6. The Balaban J connectivity index is 0.875. The maximum Gasteiger partial charge on any atom is 0.262 e. The quantitative estimate of drug-likeness (QED) is 0.228. The van der Waals surface area contributed by atoms with E-state index in [1.807, 2.05) is 13.0 Å². The molecule has 13 nitrogen and oxygen atoms in total. The Hall–Kier alpha value is -5.63. The zero-order valence-electron chi connectivity index (χ0n) is 27.3. The molecule has 2 fully saturated rings. The fourth-order valence-corrected chi connectivity index (χ4v) is 7.86. The molecule has 0 saturated carbocycles. The van der Waals surface area contributed by atoms with Crippen LogP contribution >= 0.6 is 0 Å². The molecule has 0 spiro atoms. The molecule has 4 N–H and O–H groups in total. The molecule has 0 bridgehead atoms. The van der Waals surface area contributed by atoms with Gasteiger partial charge in [0.1, 0.15) is 11.9 Å². The summed E-state index contributed by atoms with van der Waals surface area (Å²) in [6.45, 7) is 5.71. The fourth-order valence-electron chi connectivity index (χ4n) is 7.86. The van der Waals surface area contributed by atoms with Crippen LogP contribution < -0.4 is 20.9 Å². The van der Waals surface area contributed by atoms with Crippen LogP contribution in [0.15, 0.2) is 36.4 Å². The first kappa shape index (κ1) is 31.6. The third kappa shape index (κ3) is 5.18. The SMILES string of the molecule is Cc1[nH]c2c(c1C(=O)NCCN1CCN(c3ccc4c(c3)C(=O)N(C3CCC(=O)NC3=O)C4=O)CC1)CC/C2=C1/C(=O)Nc2ccc(F)cc21. The van der Waals surface area contributed by atoms with Crippen molar-refractivity contribution in [3.63, 3.8) is 0 Å². The van der Waals surface area contributed by atoms with E-state index in [0.29, 0.717) is 67.1 Å². The van der Waals surface area contributed by atoms with E-state index in [-0.39, 0.29) is 35.8 Å². The Kier molecular flexibility index (Phi) is 7.62. The summed E-state index contributed by atoms with van der Waals surface area (Å²) in [6, 6.07) is 8.37. The lowest BCUT2D eigenvalue weighted by Gasteiger charge is -2.36. The van der Waals surface area contributed by atoms with Crippen LogP contribution in [-0.4, -0.2) is 95.5 Å². The Bertz CT molecular complexity index is 2080. The largest absolute Gasteiger partial charge is 0.369 e. The molecular weight excluding hydrogens is 645 g/mol. The van der Waals surface area contributed by atoms with Crippen molar-refractivity contribution in [3.8, 4) is 0 Å². The van der Waals surface area contributed by atoms with Crippen LogP contribution in [0.4, 0.5) is 15.8 Å². The number of H-pyrrole nitrogens is 1. The first-order valence-corrected chi connectivity index (χ1v) is 16.8. The van der Waals surface area contributed by atoms with Gasteiger partial charge in [0, 0.05) is 74.0 Å². The number of piperidine rings is 1. The summed E-state index contributed by atoms with van der Waals surface area (Å²) in [5.41, 5.74) is 6.56. The molecule has 2 aromatic carbocycles. The van der Waals surface area contributed by atoms with Gasteiger partial charge in [0.2, 0.25) is 11.8 Å². The number of anilines is 2. The molecule has 5 aliphatic rings. The van der Waals surface area contributed by atoms with Gasteiger partial charge in [-0.1, -0.05) is 0 Å². The number of fused-ring (bicyclic) bond motifs is 3. The number of amides is 6. The Morgan fingerprint density at radius 1 is 0.900 bits per heavy atom. The highest BCUT2D eigenvalue weighted by Crippen LogP contribution is 2.44. The van der Waals surface area contributed by atoms with E-state index in [4.69, 9.17) is 0 Å². The summed E-state index contributed by atoms with van der Waals surface area (Å²) >= 11 is 0. The highest BCUT2D eigenvalue weighted by Gasteiger charge is 2.45. The molecule has 1 aromatic heterocycles. The van der Waals surface area contributed by atoms with Crippen LogP contribution in [0.1, 0.15) is 72.9 Å². The number of halogens is 1. The second-order valence-electron chi connectivity index (χ2n) is 13.2. The molecule has 1 unspecified atom stereocenters. The van der Waals surface area contributed by atoms with Gasteiger partial charge in [-0.25, -0.2) is 4.39 Å². The molecule has 2 saturated heterocycles. The van der Waals surface area contributed by atoms with Gasteiger partial charge >= 0.3 is 0 Å². The van der Waals surface area contributed by atoms with Crippen molar-refractivity contribution in [2.24, 2.45) is 0 Å². The van der Waals surface area contributed by atoms with Crippen LogP contribution in [0.2, 0.25) is 0 Å². The van der Waals surface area contributed by atoms with Crippen molar-refractivity contribution in [2.75, 3.05) is 49.5 Å². The highest BCUT2D eigenvalue weighted by atomic mass is 19.1. The predicted octanol–water partition coefficient (Wildman–Crippen LogP) is 2.22. The van der Waals surface area contributed by atoms with Crippen molar-refractivity contribution < 1.29 is 33.2 Å². The van der Waals surface area contributed by atoms with Crippen molar-refractivity contribution in [3.05, 3.63) is 81.4 Å². The third-order valence-corrected chi connectivity index (χ3v) is 10.3. The minimum Gasteiger partial charge on any atom is -0.369 e. The summed E-state index contributed by atoms with van der Waals surface area (Å²) in [5.74, 6) is -2.99. The van der Waals surface area contributed by atoms with E-state index in [0.717, 1.165) is 40.5 Å². The van der Waals surface area contributed by atoms with Gasteiger partial charge in [0.25, 0.3) is 23.6 Å². The van der Waals surface area contributed by atoms with Gasteiger partial charge in [-0.15, -0.1) is 0 Å². The van der Waals surface area contributed by atoms with Crippen molar-refractivity contribution >= 4 is 58.0 Å². The van der Waals surface area contributed by atoms with Crippen LogP contribution in [-0.2, 0) is 20.8 Å². The number of benzene rings is 2. The molecule has 256 valence electrons. The van der Waals surface area contributed by atoms with E-state index < -0.39 is 35.5 Å². The fraction of sp³-hybridized carbons (Fsp3) is 0.333. The highest BCUT2D eigenvalue weighted by molar-refractivity contribution is 6.37. The van der Waals surface area contributed by atoms with E-state index >= 15 is 0 Å². The van der Waals surface area contributed by atoms with Crippen LogP contribution in [0.25, 0.3) is 11.1 Å². The minimum absolute atomic E-state index is 0.0666. The Labute approximate surface area is 285 Å². The van der Waals surface area contributed by atoms with E-state index in [1.165, 1.54) is 12.1 Å². The zero-order chi connectivity index (χ0) is 34.8. The summed E-state index contributed by atoms with van der Waals surface area (Å²) in [6.07, 6.45) is 1.34. The summed E-state index contributed by atoms with van der Waals surface area (Å²) in [5, 5.41) is 8.08. The number of aromatic amines is 1. The first-order valence-electron chi connectivity index (χ1n) is 16.8. The lowest BCUT2D eigenvalue weighted by molar-refractivity contribution is -0.136. The number of carbonyl (C=O) groups excluding carboxylic acids is 6. The molecule has 14 heteroatoms. The number of hydrogen-bond donors (Lipinski definition) is 4. The van der Waals surface area contributed by atoms with Gasteiger partial charge < -0.3 is 20.5 Å². The number of aromatic nitrogens is 1. The van der Waals surface area contributed by atoms with Crippen LogP contribution in [0, 0.1) is 12.7 Å². The minimum atomic E-state index is -1.00. The number of piperazine rings is 1. The number of hydrogen-bond acceptors (Lipinski definition) is 8. The molecule has 0 radical (unpaired) electrons. The van der Waals surface area contributed by atoms with Crippen LogP contribution in [0.3, 0.4) is 0 Å². The molecule has 1 aliphatic carbocycles. The van der Waals surface area contributed by atoms with E-state index in [9.17, 15) is 33.2 Å². The number of aryl methyl sites for hydroxylation is 1. The molecule has 50 heavy (non-hydrogen) atoms. The molecule has 5 heterocycles. The number of rotatable bonds is 6. The second kappa shape index (κ2) is 12.1. The zero-order valence-corrected chi connectivity index (χ0v) is 27.3. The lowest BCUT2D eigenvalue weighted by atomic mass is 9.99. The van der Waals surface area contributed by atoms with Gasteiger partial charge in [-0.05, 0) is 73.7 Å². The third-order valence-electron chi connectivity index (χ3n) is 10.3. The molecule has 1 atom stereocenters. The maximum atomic E-state index is 14.1. The summed E-state index contributed by atoms with van der Waals surface area (Å²) in [4.78, 5) is 85.2. The summed E-state index contributed by atoms with van der Waals surface area (Å²) < 4.78 is 14.1. The van der Waals surface area contributed by atoms with Gasteiger partial charge in [-0.3, -0.25) is 43.9 Å². The van der Waals surface area contributed by atoms with Gasteiger partial charge in [0.15, 0.2) is 0 Å². The first-order chi connectivity index (χ1) is 24.1. The number of carbonyl (C=O) groups is 6. The smallest absolute Gasteiger partial charge is 0.262 e. The van der Waals surface area contributed by atoms with Gasteiger partial charge in [0.05, 0.1) is 22.3 Å². The maximum absolute atomic E-state index is 14.1. The van der Waals surface area contributed by atoms with Crippen molar-refractivity contribution in [1.29, 1.82) is 0 Å². The lowest BCUT2D eigenvalue weighted by Crippen LogP contribution is -2.54. The van der Waals surface area contributed by atoms with E-state index in [2.05, 4.69) is 30.7 Å². The van der Waals surface area contributed by atoms with Crippen LogP contribution in [0.5, 0.6) is 0 Å². The molecule has 4 aliphatic heterocycles. The second-order valence-corrected chi connectivity index (χ2v) is 13.2. The normalized spacial score (nSPS) is 21.7. The standard InChI is InChI=1S/C36H34FN7O6/c1-18-29(22-5-6-23(31(22)39-18)30-25-16-19(37)2-7-26(25)40-34(30)48)33(47)38-10-11-42-12-14-43(15-13-42)20-3-4-21-24(17-20)36(50)44(35(21)49)27-8-9-28(45)41-32(27)46/h2-4,7,16-17,27,39H,5-6,8-15H2,1H3,(H,38,47)(H,40,48)(H,41,45,46)/b30-23-. The molecule has 6 amide bonds. The topological polar surface area (TPSA) is 164 Å². The number of imide groups is 2. The number of nitrogens with zero attached hydrogens (tertiary/aromatic N) is 3. The summed E-state index contributed by atoms with van der Waals surface area (Å²) in [7, 11) is 0. The van der Waals surface area contributed by atoms with Crippen molar-refractivity contribution in [2.45, 2.75) is 38.6 Å². The molecule has 8 rings (SSSR count). The van der Waals surface area contributed by atoms with Crippen molar-refractivity contribution in [1.82, 2.24) is 25.4 Å². The molecule has 3 aromatic rings.